The third kappa shape index (κ3) is 2.91. The van der Waals surface area contributed by atoms with Crippen LogP contribution in [0.2, 0.25) is 0 Å². The second-order valence-corrected chi connectivity index (χ2v) is 3.51. The first kappa shape index (κ1) is 12.2. The largest absolute Gasteiger partial charge is 0.487 e. The van der Waals surface area contributed by atoms with Gasteiger partial charge in [-0.3, -0.25) is 4.98 Å². The van der Waals surface area contributed by atoms with E-state index in [2.05, 4.69) is 15.3 Å². The monoisotopic (exact) mass is 251 g/mol. The Morgan fingerprint density at radius 2 is 2.00 bits per heavy atom. The molecule has 0 aliphatic carbocycles. The molecule has 0 bridgehead atoms. The van der Waals surface area contributed by atoms with Gasteiger partial charge in [0, 0.05) is 13.1 Å². The molecule has 0 fully saturated rings. The Balaban J connectivity index is 1.99. The molecule has 1 aromatic carbocycles. The summed E-state index contributed by atoms with van der Waals surface area (Å²) in [7, 11) is 1.74. The van der Waals surface area contributed by atoms with Crippen LogP contribution in [0.4, 0.5) is 14.6 Å². The Bertz CT molecular complexity index is 531. The highest BCUT2D eigenvalue weighted by Gasteiger charge is 2.04. The van der Waals surface area contributed by atoms with E-state index in [-0.39, 0.29) is 12.4 Å². The smallest absolute Gasteiger partial charge is 0.162 e. The van der Waals surface area contributed by atoms with Crippen LogP contribution in [0.5, 0.6) is 5.75 Å². The van der Waals surface area contributed by atoms with Crippen LogP contribution in [-0.4, -0.2) is 17.0 Å². The van der Waals surface area contributed by atoms with Crippen molar-refractivity contribution in [2.24, 2.45) is 0 Å². The van der Waals surface area contributed by atoms with E-state index >= 15 is 0 Å². The van der Waals surface area contributed by atoms with Gasteiger partial charge in [0.25, 0.3) is 0 Å². The molecule has 0 aliphatic rings. The summed E-state index contributed by atoms with van der Waals surface area (Å²) in [6, 6.07) is 3.36. The van der Waals surface area contributed by atoms with Gasteiger partial charge < -0.3 is 10.1 Å². The lowest BCUT2D eigenvalue weighted by Gasteiger charge is -2.06. The van der Waals surface area contributed by atoms with Gasteiger partial charge in [0.05, 0.1) is 18.1 Å². The van der Waals surface area contributed by atoms with Crippen LogP contribution in [0.15, 0.2) is 30.6 Å². The number of rotatable bonds is 4. The Hall–Kier alpha value is -2.24. The zero-order chi connectivity index (χ0) is 13.0. The zero-order valence-electron chi connectivity index (χ0n) is 9.65. The van der Waals surface area contributed by atoms with E-state index in [9.17, 15) is 8.78 Å². The Morgan fingerprint density at radius 1 is 1.17 bits per heavy atom. The summed E-state index contributed by atoms with van der Waals surface area (Å²) in [6.07, 6.45) is 3.11. The quantitative estimate of drug-likeness (QED) is 0.906. The molecule has 1 N–H and O–H groups in total. The van der Waals surface area contributed by atoms with Crippen LogP contribution < -0.4 is 10.1 Å². The standard InChI is InChI=1S/C12H11F2N3O/c1-15-12-6-16-8(5-17-12)7-18-9-2-3-10(13)11(14)4-9/h2-6H,7H2,1H3,(H,15,17). The number of aromatic nitrogens is 2. The average Bonchev–Trinajstić information content (AvgIpc) is 2.41. The van der Waals surface area contributed by atoms with Crippen LogP contribution >= 0.6 is 0 Å². The molecule has 0 saturated heterocycles. The number of hydrogen-bond donors (Lipinski definition) is 1. The molecule has 94 valence electrons. The van der Waals surface area contributed by atoms with Crippen LogP contribution in [0.1, 0.15) is 5.69 Å². The lowest BCUT2D eigenvalue weighted by Crippen LogP contribution is -2.01. The molecule has 0 spiro atoms. The van der Waals surface area contributed by atoms with Gasteiger partial charge in [0.2, 0.25) is 0 Å². The van der Waals surface area contributed by atoms with Gasteiger partial charge in [-0.25, -0.2) is 13.8 Å². The Morgan fingerprint density at radius 3 is 2.61 bits per heavy atom. The van der Waals surface area contributed by atoms with E-state index in [1.54, 1.807) is 19.4 Å². The van der Waals surface area contributed by atoms with Crippen molar-refractivity contribution in [3.8, 4) is 5.75 Å². The fourth-order valence-corrected chi connectivity index (χ4v) is 1.28. The summed E-state index contributed by atoms with van der Waals surface area (Å²) in [5, 5.41) is 2.84. The van der Waals surface area contributed by atoms with Crippen LogP contribution in [0.3, 0.4) is 0 Å². The second-order valence-electron chi connectivity index (χ2n) is 3.51. The van der Waals surface area contributed by atoms with Crippen molar-refractivity contribution in [2.45, 2.75) is 6.61 Å². The van der Waals surface area contributed by atoms with Crippen molar-refractivity contribution < 1.29 is 13.5 Å². The molecule has 2 aromatic rings. The summed E-state index contributed by atoms with van der Waals surface area (Å²) in [5.41, 5.74) is 0.596. The van der Waals surface area contributed by atoms with Crippen molar-refractivity contribution in [1.82, 2.24) is 9.97 Å². The van der Waals surface area contributed by atoms with Crippen molar-refractivity contribution in [3.63, 3.8) is 0 Å². The number of hydrogen-bond acceptors (Lipinski definition) is 4. The van der Waals surface area contributed by atoms with Gasteiger partial charge in [-0.1, -0.05) is 0 Å². The van der Waals surface area contributed by atoms with Gasteiger partial charge >= 0.3 is 0 Å². The Kier molecular flexibility index (Phi) is 3.66. The highest BCUT2D eigenvalue weighted by Crippen LogP contribution is 2.16. The van der Waals surface area contributed by atoms with Crippen molar-refractivity contribution >= 4 is 5.82 Å². The van der Waals surface area contributed by atoms with E-state index in [4.69, 9.17) is 4.74 Å². The summed E-state index contributed by atoms with van der Waals surface area (Å²) < 4.78 is 30.9. The molecule has 1 aromatic heterocycles. The number of nitrogens with one attached hydrogen (secondary N) is 1. The van der Waals surface area contributed by atoms with Crippen molar-refractivity contribution in [2.75, 3.05) is 12.4 Å². The molecule has 0 saturated carbocycles. The van der Waals surface area contributed by atoms with Crippen molar-refractivity contribution in [1.29, 1.82) is 0 Å². The molecule has 0 unspecified atom stereocenters. The number of anilines is 1. The maximum atomic E-state index is 12.9. The molecule has 2 rings (SSSR count). The lowest BCUT2D eigenvalue weighted by atomic mass is 10.3. The first-order chi connectivity index (χ1) is 8.69. The van der Waals surface area contributed by atoms with Gasteiger partial charge in [0.1, 0.15) is 18.2 Å². The highest BCUT2D eigenvalue weighted by atomic mass is 19.2. The fourth-order valence-electron chi connectivity index (χ4n) is 1.28. The SMILES string of the molecule is CNc1cnc(COc2ccc(F)c(F)c2)cn1. The van der Waals surface area contributed by atoms with Gasteiger partial charge in [-0.2, -0.15) is 0 Å². The molecule has 6 heteroatoms. The molecule has 0 atom stereocenters. The van der Waals surface area contributed by atoms with Crippen LogP contribution in [0, 0.1) is 11.6 Å². The minimum absolute atomic E-state index is 0.141. The summed E-state index contributed by atoms with van der Waals surface area (Å²) in [4.78, 5) is 8.14. The third-order valence-electron chi connectivity index (χ3n) is 2.24. The maximum absolute atomic E-state index is 12.9. The number of nitrogens with zero attached hydrogens (tertiary/aromatic N) is 2. The van der Waals surface area contributed by atoms with Gasteiger partial charge in [-0.15, -0.1) is 0 Å². The van der Waals surface area contributed by atoms with Crippen molar-refractivity contribution in [3.05, 3.63) is 47.9 Å². The molecule has 1 heterocycles. The molecule has 18 heavy (non-hydrogen) atoms. The van der Waals surface area contributed by atoms with Crippen LogP contribution in [0.25, 0.3) is 0 Å². The number of benzene rings is 1. The second kappa shape index (κ2) is 5.39. The zero-order valence-corrected chi connectivity index (χ0v) is 9.65. The number of halogens is 2. The topological polar surface area (TPSA) is 47.0 Å². The summed E-state index contributed by atoms with van der Waals surface area (Å²) >= 11 is 0. The summed E-state index contributed by atoms with van der Waals surface area (Å²) in [6.45, 7) is 0.141. The van der Waals surface area contributed by atoms with E-state index in [1.807, 2.05) is 0 Å². The molecule has 4 nitrogen and oxygen atoms in total. The van der Waals surface area contributed by atoms with E-state index < -0.39 is 11.6 Å². The normalized spacial score (nSPS) is 10.2. The maximum Gasteiger partial charge on any atom is 0.162 e. The molecule has 0 radical (unpaired) electrons. The minimum Gasteiger partial charge on any atom is -0.487 e. The minimum atomic E-state index is -0.941. The predicted molar refractivity (Wildman–Crippen MR) is 62.3 cm³/mol. The van der Waals surface area contributed by atoms with Crippen LogP contribution in [-0.2, 0) is 6.61 Å². The predicted octanol–water partition coefficient (Wildman–Crippen LogP) is 2.38. The third-order valence-corrected chi connectivity index (χ3v) is 2.24. The van der Waals surface area contributed by atoms with E-state index in [1.165, 1.54) is 6.07 Å². The molecule has 0 aliphatic heterocycles. The lowest BCUT2D eigenvalue weighted by molar-refractivity contribution is 0.298. The first-order valence-electron chi connectivity index (χ1n) is 5.25. The van der Waals surface area contributed by atoms with Gasteiger partial charge in [-0.05, 0) is 12.1 Å². The molecular formula is C12H11F2N3O. The average molecular weight is 251 g/mol. The van der Waals surface area contributed by atoms with E-state index in [0.717, 1.165) is 12.1 Å². The summed E-state index contributed by atoms with van der Waals surface area (Å²) in [5.74, 6) is -0.954. The fraction of sp³-hybridized carbons (Fsp3) is 0.167. The number of ether oxygens (including phenoxy) is 1. The molecule has 0 amide bonds. The Labute approximate surface area is 103 Å². The highest BCUT2D eigenvalue weighted by molar-refractivity contribution is 5.29. The van der Waals surface area contributed by atoms with Gasteiger partial charge in [0.15, 0.2) is 11.6 Å². The van der Waals surface area contributed by atoms with E-state index in [0.29, 0.717) is 11.5 Å². The molecular weight excluding hydrogens is 240 g/mol. The first-order valence-corrected chi connectivity index (χ1v) is 5.25.